The molecule has 2 N–H and O–H groups in total. The number of fused-ring (bicyclic) bond motifs is 1. The van der Waals surface area contributed by atoms with E-state index in [0.717, 1.165) is 37.3 Å². The summed E-state index contributed by atoms with van der Waals surface area (Å²) >= 11 is 0. The van der Waals surface area contributed by atoms with Gasteiger partial charge in [-0.25, -0.2) is 0 Å². The van der Waals surface area contributed by atoms with Crippen LogP contribution in [0.2, 0.25) is 0 Å². The summed E-state index contributed by atoms with van der Waals surface area (Å²) in [4.78, 5) is 41.0. The zero-order chi connectivity index (χ0) is 20.0. The van der Waals surface area contributed by atoms with Gasteiger partial charge in [0.2, 0.25) is 0 Å². The van der Waals surface area contributed by atoms with Crippen LogP contribution in [0.3, 0.4) is 0 Å². The Morgan fingerprint density at radius 2 is 1.81 bits per heavy atom. The maximum absolute atomic E-state index is 12.7. The average Bonchev–Trinajstić information content (AvgIpc) is 2.93. The minimum Gasteiger partial charge on any atom is -0.348 e. The number of hydrogen-bond acceptors (Lipinski definition) is 4. The zero-order valence-corrected chi connectivity index (χ0v) is 16.6. The van der Waals surface area contributed by atoms with Gasteiger partial charge in [-0.1, -0.05) is 32.0 Å². The van der Waals surface area contributed by atoms with Crippen molar-refractivity contribution in [2.75, 3.05) is 31.1 Å². The number of hydrogen-bond donors (Lipinski definition) is 2. The van der Waals surface area contributed by atoms with E-state index in [2.05, 4.69) is 29.4 Å². The molecule has 3 amide bonds. The lowest BCUT2D eigenvalue weighted by molar-refractivity contribution is -0.140. The maximum Gasteiger partial charge on any atom is 0.310 e. The lowest BCUT2D eigenvalue weighted by Gasteiger charge is -2.22. The molecule has 0 bridgehead atoms. The molecule has 7 nitrogen and oxygen atoms in total. The Bertz CT molecular complexity index is 686. The van der Waals surface area contributed by atoms with Crippen LogP contribution in [0.1, 0.15) is 45.7 Å². The van der Waals surface area contributed by atoms with Crippen molar-refractivity contribution in [2.24, 2.45) is 0 Å². The predicted molar refractivity (Wildman–Crippen MR) is 105 cm³/mol. The minimum absolute atomic E-state index is 0.0329. The average molecular weight is 374 g/mol. The number of rotatable bonds is 8. The molecule has 7 heteroatoms. The quantitative estimate of drug-likeness (QED) is 0.533. The Morgan fingerprint density at radius 3 is 2.44 bits per heavy atom. The number of benzene rings is 1. The van der Waals surface area contributed by atoms with Gasteiger partial charge in [-0.2, -0.15) is 0 Å². The fourth-order valence-electron chi connectivity index (χ4n) is 3.34. The highest BCUT2D eigenvalue weighted by Gasteiger charge is 2.39. The van der Waals surface area contributed by atoms with Crippen LogP contribution in [0.15, 0.2) is 24.3 Å². The topological polar surface area (TPSA) is 81.8 Å². The fourth-order valence-corrected chi connectivity index (χ4v) is 3.34. The summed E-state index contributed by atoms with van der Waals surface area (Å²) < 4.78 is 0. The molecule has 0 saturated heterocycles. The number of carbonyl (C=O) groups excluding carboxylic acids is 3. The first-order valence-corrected chi connectivity index (χ1v) is 9.63. The molecule has 2 rings (SSSR count). The van der Waals surface area contributed by atoms with Gasteiger partial charge in [0, 0.05) is 23.8 Å². The molecule has 1 aromatic carbocycles. The van der Waals surface area contributed by atoms with E-state index in [1.54, 1.807) is 4.90 Å². The van der Waals surface area contributed by atoms with Crippen molar-refractivity contribution in [2.45, 2.75) is 46.2 Å². The molecular formula is C20H30N4O3. The highest BCUT2D eigenvalue weighted by atomic mass is 16.2. The standard InChI is InChI=1S/C20H30N4O3/c1-5-23(6-2)13-9-12-21-18(25)19(26)22-17-15-10-7-8-11-16(15)24(14(3)4)20(17)27/h7-8,10-11,14,17H,5-6,9,12-13H2,1-4H3,(H,21,25)(H,22,26)/t17-/m1/s1. The van der Waals surface area contributed by atoms with Crippen LogP contribution in [-0.2, 0) is 14.4 Å². The molecule has 0 radical (unpaired) electrons. The highest BCUT2D eigenvalue weighted by molar-refractivity contribution is 6.35. The van der Waals surface area contributed by atoms with Gasteiger partial charge < -0.3 is 20.4 Å². The Hall–Kier alpha value is -2.41. The van der Waals surface area contributed by atoms with E-state index in [0.29, 0.717) is 6.54 Å². The summed E-state index contributed by atoms with van der Waals surface area (Å²) in [6.45, 7) is 11.2. The summed E-state index contributed by atoms with van der Waals surface area (Å²) in [5.74, 6) is -1.70. The summed E-state index contributed by atoms with van der Waals surface area (Å²) in [6, 6.07) is 6.48. The van der Waals surface area contributed by atoms with Crippen LogP contribution in [-0.4, -0.2) is 54.8 Å². The van der Waals surface area contributed by atoms with Gasteiger partial charge in [-0.15, -0.1) is 0 Å². The van der Waals surface area contributed by atoms with E-state index in [1.807, 2.05) is 38.1 Å². The van der Waals surface area contributed by atoms with Crippen LogP contribution in [0.25, 0.3) is 0 Å². The number of amides is 3. The molecule has 27 heavy (non-hydrogen) atoms. The molecule has 0 unspecified atom stereocenters. The van der Waals surface area contributed by atoms with Crippen molar-refractivity contribution in [3.63, 3.8) is 0 Å². The third-order valence-electron chi connectivity index (χ3n) is 4.82. The molecule has 1 heterocycles. The number of anilines is 1. The van der Waals surface area contributed by atoms with Gasteiger partial charge >= 0.3 is 11.8 Å². The molecule has 1 aliphatic rings. The lowest BCUT2D eigenvalue weighted by atomic mass is 10.1. The van der Waals surface area contributed by atoms with E-state index in [1.165, 1.54) is 0 Å². The molecule has 1 atom stereocenters. The summed E-state index contributed by atoms with van der Waals surface area (Å²) in [5, 5.41) is 5.22. The molecule has 0 fully saturated rings. The normalized spacial score (nSPS) is 16.0. The van der Waals surface area contributed by atoms with E-state index >= 15 is 0 Å². The highest BCUT2D eigenvalue weighted by Crippen LogP contribution is 2.36. The second kappa shape index (κ2) is 9.50. The first kappa shape index (κ1) is 20.9. The Labute approximate surface area is 161 Å². The van der Waals surface area contributed by atoms with Crippen molar-refractivity contribution in [1.29, 1.82) is 0 Å². The molecular weight excluding hydrogens is 344 g/mol. The summed E-state index contributed by atoms with van der Waals surface area (Å²) in [7, 11) is 0. The summed E-state index contributed by atoms with van der Waals surface area (Å²) in [6.07, 6.45) is 0.771. The monoisotopic (exact) mass is 374 g/mol. The SMILES string of the molecule is CCN(CC)CCCNC(=O)C(=O)N[C@H]1C(=O)N(C(C)C)c2ccccc21. The van der Waals surface area contributed by atoms with Crippen molar-refractivity contribution >= 4 is 23.4 Å². The van der Waals surface area contributed by atoms with E-state index in [-0.39, 0.29) is 11.9 Å². The van der Waals surface area contributed by atoms with Crippen LogP contribution in [0.5, 0.6) is 0 Å². The Balaban J connectivity index is 1.93. The third kappa shape index (κ3) is 4.86. The predicted octanol–water partition coefficient (Wildman–Crippen LogP) is 1.45. The summed E-state index contributed by atoms with van der Waals surface area (Å²) in [5.41, 5.74) is 1.50. The smallest absolute Gasteiger partial charge is 0.310 e. The number of para-hydroxylation sites is 1. The van der Waals surface area contributed by atoms with Crippen LogP contribution in [0, 0.1) is 0 Å². The Kier molecular flexibility index (Phi) is 7.36. The van der Waals surface area contributed by atoms with Crippen molar-refractivity contribution in [1.82, 2.24) is 15.5 Å². The van der Waals surface area contributed by atoms with Crippen LogP contribution in [0.4, 0.5) is 5.69 Å². The van der Waals surface area contributed by atoms with E-state index < -0.39 is 17.9 Å². The second-order valence-electron chi connectivity index (χ2n) is 6.90. The largest absolute Gasteiger partial charge is 0.348 e. The van der Waals surface area contributed by atoms with Crippen molar-refractivity contribution in [3.05, 3.63) is 29.8 Å². The van der Waals surface area contributed by atoms with E-state index in [4.69, 9.17) is 0 Å². The fraction of sp³-hybridized carbons (Fsp3) is 0.550. The lowest BCUT2D eigenvalue weighted by Crippen LogP contribution is -2.45. The number of carbonyl (C=O) groups is 3. The minimum atomic E-state index is -0.822. The van der Waals surface area contributed by atoms with Crippen LogP contribution < -0.4 is 15.5 Å². The third-order valence-corrected chi connectivity index (χ3v) is 4.82. The van der Waals surface area contributed by atoms with Crippen molar-refractivity contribution < 1.29 is 14.4 Å². The van der Waals surface area contributed by atoms with Gasteiger partial charge in [0.05, 0.1) is 0 Å². The van der Waals surface area contributed by atoms with Gasteiger partial charge in [0.25, 0.3) is 5.91 Å². The first-order valence-electron chi connectivity index (χ1n) is 9.63. The Morgan fingerprint density at radius 1 is 1.15 bits per heavy atom. The molecule has 0 aromatic heterocycles. The number of nitrogens with one attached hydrogen (secondary N) is 2. The first-order chi connectivity index (χ1) is 12.9. The molecule has 148 valence electrons. The molecule has 0 saturated carbocycles. The molecule has 1 aliphatic heterocycles. The van der Waals surface area contributed by atoms with Crippen molar-refractivity contribution in [3.8, 4) is 0 Å². The maximum atomic E-state index is 12.7. The molecule has 1 aromatic rings. The second-order valence-corrected chi connectivity index (χ2v) is 6.90. The molecule has 0 aliphatic carbocycles. The van der Waals surface area contributed by atoms with Gasteiger partial charge in [-0.3, -0.25) is 14.4 Å². The van der Waals surface area contributed by atoms with Gasteiger partial charge in [0.1, 0.15) is 6.04 Å². The van der Waals surface area contributed by atoms with Gasteiger partial charge in [0.15, 0.2) is 0 Å². The van der Waals surface area contributed by atoms with E-state index in [9.17, 15) is 14.4 Å². The zero-order valence-electron chi connectivity index (χ0n) is 16.6. The van der Waals surface area contributed by atoms with Gasteiger partial charge in [-0.05, 0) is 46.0 Å². The molecule has 0 spiro atoms. The van der Waals surface area contributed by atoms with Crippen LogP contribution >= 0.6 is 0 Å². The number of nitrogens with zero attached hydrogens (tertiary/aromatic N) is 2.